The standard InChI is InChI=1S/C32H26N2O4/c35-31(36)29(18-21-19-34(22-10-2-1-3-11-22)30-17-9-8-12-23(21)30)33-32(37)38-20-28-26-15-6-4-13-24(26)25-14-5-7-16-27(25)28/h1-17,19,28-29H,18,20H2,(H,33,37)(H,35,36)/t29-/m0/s1. The molecule has 1 aliphatic rings. The number of hydrogen-bond donors (Lipinski definition) is 2. The van der Waals surface area contributed by atoms with Crippen molar-refractivity contribution in [2.45, 2.75) is 18.4 Å². The van der Waals surface area contributed by atoms with Gasteiger partial charge in [-0.15, -0.1) is 0 Å². The van der Waals surface area contributed by atoms with Crippen molar-refractivity contribution in [2.24, 2.45) is 0 Å². The molecular weight excluding hydrogens is 476 g/mol. The first-order chi connectivity index (χ1) is 18.6. The Kier molecular flexibility index (Phi) is 6.14. The maximum Gasteiger partial charge on any atom is 0.407 e. The number of aromatic nitrogens is 1. The van der Waals surface area contributed by atoms with E-state index in [-0.39, 0.29) is 18.9 Å². The van der Waals surface area contributed by atoms with Crippen molar-refractivity contribution in [3.63, 3.8) is 0 Å². The molecule has 0 spiro atoms. The average molecular weight is 503 g/mol. The smallest absolute Gasteiger partial charge is 0.407 e. The van der Waals surface area contributed by atoms with Gasteiger partial charge in [-0.05, 0) is 46.0 Å². The summed E-state index contributed by atoms with van der Waals surface area (Å²) in [5, 5.41) is 13.5. The summed E-state index contributed by atoms with van der Waals surface area (Å²) in [4.78, 5) is 25.0. The zero-order valence-electron chi connectivity index (χ0n) is 20.6. The van der Waals surface area contributed by atoms with Crippen molar-refractivity contribution >= 4 is 23.0 Å². The Morgan fingerprint density at radius 2 is 1.42 bits per heavy atom. The van der Waals surface area contributed by atoms with Crippen LogP contribution in [0.15, 0.2) is 109 Å². The van der Waals surface area contributed by atoms with Gasteiger partial charge >= 0.3 is 12.1 Å². The van der Waals surface area contributed by atoms with E-state index >= 15 is 0 Å². The highest BCUT2D eigenvalue weighted by Gasteiger charge is 2.30. The van der Waals surface area contributed by atoms with Gasteiger partial charge in [0.05, 0.1) is 5.52 Å². The first-order valence-corrected chi connectivity index (χ1v) is 12.6. The number of para-hydroxylation sites is 2. The molecule has 6 rings (SSSR count). The average Bonchev–Trinajstić information content (AvgIpc) is 3.48. The quantitative estimate of drug-likeness (QED) is 0.279. The second-order valence-corrected chi connectivity index (χ2v) is 9.44. The van der Waals surface area contributed by atoms with Crippen molar-refractivity contribution in [3.8, 4) is 16.8 Å². The molecule has 1 amide bonds. The zero-order valence-corrected chi connectivity index (χ0v) is 20.6. The summed E-state index contributed by atoms with van der Waals surface area (Å²) < 4.78 is 7.64. The first-order valence-electron chi connectivity index (χ1n) is 12.6. The second kappa shape index (κ2) is 9.90. The Bertz CT molecular complexity index is 1590. The van der Waals surface area contributed by atoms with Crippen molar-refractivity contribution in [1.82, 2.24) is 9.88 Å². The number of fused-ring (bicyclic) bond motifs is 4. The molecule has 0 unspecified atom stereocenters. The predicted octanol–water partition coefficient (Wildman–Crippen LogP) is 6.16. The van der Waals surface area contributed by atoms with Crippen LogP contribution in [0.3, 0.4) is 0 Å². The Labute approximate surface area is 220 Å². The highest BCUT2D eigenvalue weighted by Crippen LogP contribution is 2.44. The number of benzene rings is 4. The molecule has 5 aromatic rings. The van der Waals surface area contributed by atoms with Crippen LogP contribution < -0.4 is 5.32 Å². The lowest BCUT2D eigenvalue weighted by Crippen LogP contribution is -2.42. The third-order valence-corrected chi connectivity index (χ3v) is 7.19. The van der Waals surface area contributed by atoms with E-state index in [0.29, 0.717) is 0 Å². The van der Waals surface area contributed by atoms with Crippen LogP contribution in [0.5, 0.6) is 0 Å². The fraction of sp³-hybridized carbons (Fsp3) is 0.125. The maximum atomic E-state index is 12.8. The lowest BCUT2D eigenvalue weighted by Gasteiger charge is -2.17. The van der Waals surface area contributed by atoms with Crippen LogP contribution in [-0.4, -0.2) is 34.4 Å². The number of carbonyl (C=O) groups is 2. The van der Waals surface area contributed by atoms with Gasteiger partial charge in [0.15, 0.2) is 0 Å². The molecule has 0 saturated heterocycles. The summed E-state index contributed by atoms with van der Waals surface area (Å²) in [7, 11) is 0. The predicted molar refractivity (Wildman–Crippen MR) is 147 cm³/mol. The van der Waals surface area contributed by atoms with Crippen molar-refractivity contribution < 1.29 is 19.4 Å². The number of carbonyl (C=O) groups excluding carboxylic acids is 1. The van der Waals surface area contributed by atoms with Gasteiger partial charge in [0, 0.05) is 29.6 Å². The normalized spacial score (nSPS) is 13.1. The molecular formula is C32H26N2O4. The van der Waals surface area contributed by atoms with Crippen LogP contribution >= 0.6 is 0 Å². The zero-order chi connectivity index (χ0) is 26.1. The van der Waals surface area contributed by atoms with Gasteiger partial charge in [-0.25, -0.2) is 9.59 Å². The molecule has 1 aliphatic carbocycles. The molecule has 0 radical (unpaired) electrons. The molecule has 188 valence electrons. The number of rotatable bonds is 7. The number of hydrogen-bond acceptors (Lipinski definition) is 3. The number of carboxylic acids is 1. The van der Waals surface area contributed by atoms with Gasteiger partial charge in [-0.1, -0.05) is 84.9 Å². The molecule has 0 saturated carbocycles. The topological polar surface area (TPSA) is 80.6 Å². The van der Waals surface area contributed by atoms with E-state index in [1.807, 2.05) is 102 Å². The second-order valence-electron chi connectivity index (χ2n) is 9.44. The van der Waals surface area contributed by atoms with E-state index in [9.17, 15) is 14.7 Å². The van der Waals surface area contributed by atoms with Crippen molar-refractivity contribution in [1.29, 1.82) is 0 Å². The van der Waals surface area contributed by atoms with Crippen LogP contribution in [0.4, 0.5) is 4.79 Å². The monoisotopic (exact) mass is 502 g/mol. The van der Waals surface area contributed by atoms with Gasteiger partial charge in [0.2, 0.25) is 0 Å². The Morgan fingerprint density at radius 3 is 2.11 bits per heavy atom. The molecule has 4 aromatic carbocycles. The van der Waals surface area contributed by atoms with Crippen LogP contribution in [0.1, 0.15) is 22.6 Å². The van der Waals surface area contributed by atoms with Crippen LogP contribution in [0.2, 0.25) is 0 Å². The van der Waals surface area contributed by atoms with E-state index < -0.39 is 18.1 Å². The summed E-state index contributed by atoms with van der Waals surface area (Å²) in [6.07, 6.45) is 1.32. The molecule has 0 aliphatic heterocycles. The number of nitrogens with zero attached hydrogens (tertiary/aromatic N) is 1. The summed E-state index contributed by atoms with van der Waals surface area (Å²) in [5.74, 6) is -1.21. The summed E-state index contributed by atoms with van der Waals surface area (Å²) in [6, 6.07) is 32.8. The summed E-state index contributed by atoms with van der Waals surface area (Å²) in [5.41, 5.74) is 7.25. The van der Waals surface area contributed by atoms with Crippen LogP contribution in [0, 0.1) is 0 Å². The van der Waals surface area contributed by atoms with Crippen molar-refractivity contribution in [2.75, 3.05) is 6.61 Å². The van der Waals surface area contributed by atoms with Gasteiger partial charge in [-0.3, -0.25) is 0 Å². The van der Waals surface area contributed by atoms with Crippen LogP contribution in [0.25, 0.3) is 27.7 Å². The van der Waals surface area contributed by atoms with E-state index in [4.69, 9.17) is 4.74 Å². The van der Waals surface area contributed by atoms with Crippen LogP contribution in [-0.2, 0) is 16.0 Å². The molecule has 0 bridgehead atoms. The number of aliphatic carboxylic acids is 1. The molecule has 2 N–H and O–H groups in total. The molecule has 1 heterocycles. The lowest BCUT2D eigenvalue weighted by atomic mass is 9.98. The van der Waals surface area contributed by atoms with Gasteiger partial charge in [0.25, 0.3) is 0 Å². The highest BCUT2D eigenvalue weighted by atomic mass is 16.5. The van der Waals surface area contributed by atoms with E-state index in [1.54, 1.807) is 0 Å². The van der Waals surface area contributed by atoms with E-state index in [0.717, 1.165) is 44.4 Å². The Morgan fingerprint density at radius 1 is 0.816 bits per heavy atom. The summed E-state index contributed by atoms with van der Waals surface area (Å²) >= 11 is 0. The Hall–Kier alpha value is -4.84. The Balaban J connectivity index is 1.20. The fourth-order valence-electron chi connectivity index (χ4n) is 5.42. The SMILES string of the molecule is O=C(N[C@@H](Cc1cn(-c2ccccc2)c2ccccc12)C(=O)O)OCC1c2ccccc2-c2ccccc21. The van der Waals surface area contributed by atoms with Gasteiger partial charge in [0.1, 0.15) is 12.6 Å². The molecule has 0 fully saturated rings. The lowest BCUT2D eigenvalue weighted by molar-refractivity contribution is -0.139. The number of ether oxygens (including phenoxy) is 1. The third kappa shape index (κ3) is 4.30. The molecule has 1 atom stereocenters. The van der Waals surface area contributed by atoms with Gasteiger partial charge < -0.3 is 19.7 Å². The van der Waals surface area contributed by atoms with Crippen molar-refractivity contribution in [3.05, 3.63) is 126 Å². The minimum atomic E-state index is -1.14. The molecule has 6 heteroatoms. The van der Waals surface area contributed by atoms with Gasteiger partial charge in [-0.2, -0.15) is 0 Å². The summed E-state index contributed by atoms with van der Waals surface area (Å²) in [6.45, 7) is 0.125. The number of alkyl carbamates (subject to hydrolysis) is 1. The first kappa shape index (κ1) is 23.6. The minimum Gasteiger partial charge on any atom is -0.480 e. The fourth-order valence-corrected chi connectivity index (χ4v) is 5.42. The largest absolute Gasteiger partial charge is 0.480 e. The number of amides is 1. The van der Waals surface area contributed by atoms with E-state index in [1.165, 1.54) is 0 Å². The molecule has 6 nitrogen and oxygen atoms in total. The molecule has 1 aromatic heterocycles. The maximum absolute atomic E-state index is 12.8. The minimum absolute atomic E-state index is 0.0970. The third-order valence-electron chi connectivity index (χ3n) is 7.19. The highest BCUT2D eigenvalue weighted by molar-refractivity contribution is 5.87. The number of carboxylic acid groups (broad SMARTS) is 1. The number of nitrogens with one attached hydrogen (secondary N) is 1. The molecule has 38 heavy (non-hydrogen) atoms. The van der Waals surface area contributed by atoms with E-state index in [2.05, 4.69) is 17.4 Å².